The summed E-state index contributed by atoms with van der Waals surface area (Å²) in [6.07, 6.45) is 24.2. The molecule has 0 spiro atoms. The molecule has 0 aromatic rings. The number of ether oxygens (including phenoxy) is 2. The molecule has 24 heavy (non-hydrogen) atoms. The maximum absolute atomic E-state index is 5.69. The van der Waals surface area contributed by atoms with Crippen molar-refractivity contribution in [2.75, 3.05) is 19.8 Å². The summed E-state index contributed by atoms with van der Waals surface area (Å²) in [5.41, 5.74) is 0. The summed E-state index contributed by atoms with van der Waals surface area (Å²) in [7, 11) is 0. The van der Waals surface area contributed by atoms with Crippen LogP contribution in [0.25, 0.3) is 0 Å². The molecule has 0 aliphatic carbocycles. The van der Waals surface area contributed by atoms with Gasteiger partial charge in [0.1, 0.15) is 12.4 Å². The summed E-state index contributed by atoms with van der Waals surface area (Å²) < 4.78 is 11.2. The summed E-state index contributed by atoms with van der Waals surface area (Å²) in [4.78, 5) is 0. The summed E-state index contributed by atoms with van der Waals surface area (Å²) in [6, 6.07) is 0. The third-order valence-electron chi connectivity index (χ3n) is 4.89. The van der Waals surface area contributed by atoms with Crippen molar-refractivity contribution in [2.24, 2.45) is 0 Å². The van der Waals surface area contributed by atoms with Crippen LogP contribution in [0.4, 0.5) is 0 Å². The van der Waals surface area contributed by atoms with E-state index in [-0.39, 0.29) is 0 Å². The van der Waals surface area contributed by atoms with Gasteiger partial charge in [0, 0.05) is 6.61 Å². The van der Waals surface area contributed by atoms with Gasteiger partial charge in [-0.15, -0.1) is 0 Å². The predicted molar refractivity (Wildman–Crippen MR) is 104 cm³/mol. The maximum Gasteiger partial charge on any atom is 0.118 e. The second-order valence-corrected chi connectivity index (χ2v) is 7.31. The fourth-order valence-corrected chi connectivity index (χ4v) is 3.28. The van der Waals surface area contributed by atoms with E-state index in [1.807, 2.05) is 0 Å². The molecule has 0 amide bonds. The topological polar surface area (TPSA) is 18.5 Å². The molecule has 0 atom stereocenters. The zero-order chi connectivity index (χ0) is 17.1. The molecule has 0 saturated carbocycles. The molecule has 0 N–H and O–H groups in total. The standard InChI is InChI=1S/C22H42O2/c1-2-3-4-5-6-7-8-9-10-11-12-13-14-16-19-23-21-22-18-15-17-20-24-22/h18H,2-17,19-21H2,1H3. The van der Waals surface area contributed by atoms with Gasteiger partial charge >= 0.3 is 0 Å². The largest absolute Gasteiger partial charge is 0.496 e. The zero-order valence-corrected chi connectivity index (χ0v) is 16.3. The van der Waals surface area contributed by atoms with Crippen LogP contribution in [0.5, 0.6) is 0 Å². The first-order valence-electron chi connectivity index (χ1n) is 10.8. The van der Waals surface area contributed by atoms with Crippen LogP contribution in [0.15, 0.2) is 11.8 Å². The Morgan fingerprint density at radius 1 is 0.792 bits per heavy atom. The van der Waals surface area contributed by atoms with Crippen molar-refractivity contribution in [1.29, 1.82) is 0 Å². The van der Waals surface area contributed by atoms with Gasteiger partial charge in [0.05, 0.1) is 6.61 Å². The Bertz CT molecular complexity index is 286. The van der Waals surface area contributed by atoms with E-state index in [2.05, 4.69) is 13.0 Å². The van der Waals surface area contributed by atoms with Gasteiger partial charge in [0.2, 0.25) is 0 Å². The lowest BCUT2D eigenvalue weighted by Crippen LogP contribution is -2.08. The molecule has 0 fully saturated rings. The van der Waals surface area contributed by atoms with Crippen molar-refractivity contribution in [3.05, 3.63) is 11.8 Å². The summed E-state index contributed by atoms with van der Waals surface area (Å²) >= 11 is 0. The molecule has 1 aliphatic rings. The molecule has 2 nitrogen and oxygen atoms in total. The Labute approximate surface area is 151 Å². The van der Waals surface area contributed by atoms with E-state index in [1.165, 1.54) is 89.9 Å². The molecular weight excluding hydrogens is 296 g/mol. The van der Waals surface area contributed by atoms with Gasteiger partial charge in [-0.25, -0.2) is 0 Å². The molecule has 1 rings (SSSR count). The van der Waals surface area contributed by atoms with Crippen LogP contribution in [0, 0.1) is 0 Å². The van der Waals surface area contributed by atoms with Gasteiger partial charge in [-0.05, 0) is 25.3 Å². The molecule has 0 aromatic heterocycles. The SMILES string of the molecule is CCCCCCCCCCCCCCCCOCC1=CCCCO1. The normalized spacial score (nSPS) is 14.5. The molecule has 142 valence electrons. The quantitative estimate of drug-likeness (QED) is 0.261. The first kappa shape index (κ1) is 21.5. The Morgan fingerprint density at radius 3 is 1.83 bits per heavy atom. The second-order valence-electron chi connectivity index (χ2n) is 7.31. The van der Waals surface area contributed by atoms with E-state index in [0.29, 0.717) is 6.61 Å². The van der Waals surface area contributed by atoms with Gasteiger partial charge in [0.15, 0.2) is 0 Å². The summed E-state index contributed by atoms with van der Waals surface area (Å²) in [5.74, 6) is 1.05. The fourth-order valence-electron chi connectivity index (χ4n) is 3.28. The monoisotopic (exact) mass is 338 g/mol. The van der Waals surface area contributed by atoms with Crippen LogP contribution in [0.3, 0.4) is 0 Å². The molecule has 0 saturated heterocycles. The van der Waals surface area contributed by atoms with Gasteiger partial charge in [-0.1, -0.05) is 90.4 Å². The van der Waals surface area contributed by atoms with Crippen LogP contribution in [0.2, 0.25) is 0 Å². The van der Waals surface area contributed by atoms with Crippen molar-refractivity contribution < 1.29 is 9.47 Å². The van der Waals surface area contributed by atoms with Crippen LogP contribution in [0.1, 0.15) is 110 Å². The van der Waals surface area contributed by atoms with Crippen molar-refractivity contribution in [1.82, 2.24) is 0 Å². The van der Waals surface area contributed by atoms with E-state index >= 15 is 0 Å². The molecule has 2 heteroatoms. The van der Waals surface area contributed by atoms with Crippen molar-refractivity contribution in [3.8, 4) is 0 Å². The van der Waals surface area contributed by atoms with Gasteiger partial charge in [-0.3, -0.25) is 0 Å². The first-order chi connectivity index (χ1) is 11.9. The third kappa shape index (κ3) is 13.9. The Balaban J connectivity index is 1.68. The molecule has 0 radical (unpaired) electrons. The first-order valence-corrected chi connectivity index (χ1v) is 10.8. The minimum Gasteiger partial charge on any atom is -0.496 e. The number of hydrogen-bond donors (Lipinski definition) is 0. The average Bonchev–Trinajstić information content (AvgIpc) is 2.62. The van der Waals surface area contributed by atoms with Gasteiger partial charge in [0.25, 0.3) is 0 Å². The Morgan fingerprint density at radius 2 is 1.33 bits per heavy atom. The van der Waals surface area contributed by atoms with Gasteiger partial charge in [-0.2, -0.15) is 0 Å². The Hall–Kier alpha value is -0.500. The average molecular weight is 339 g/mol. The third-order valence-corrected chi connectivity index (χ3v) is 4.89. The zero-order valence-electron chi connectivity index (χ0n) is 16.3. The number of unbranched alkanes of at least 4 members (excludes halogenated alkanes) is 13. The number of rotatable bonds is 17. The molecule has 1 aliphatic heterocycles. The molecular formula is C22H42O2. The minimum atomic E-state index is 0.679. The van der Waals surface area contributed by atoms with Crippen LogP contribution < -0.4 is 0 Å². The highest BCUT2D eigenvalue weighted by atomic mass is 16.5. The van der Waals surface area contributed by atoms with E-state index in [1.54, 1.807) is 0 Å². The van der Waals surface area contributed by atoms with E-state index in [4.69, 9.17) is 9.47 Å². The van der Waals surface area contributed by atoms with Crippen molar-refractivity contribution >= 4 is 0 Å². The maximum atomic E-state index is 5.69. The highest BCUT2D eigenvalue weighted by Crippen LogP contribution is 2.13. The highest BCUT2D eigenvalue weighted by Gasteiger charge is 2.03. The predicted octanol–water partition coefficient (Wildman–Crippen LogP) is 7.18. The van der Waals surface area contributed by atoms with E-state index in [0.717, 1.165) is 31.8 Å². The van der Waals surface area contributed by atoms with Crippen LogP contribution in [-0.4, -0.2) is 19.8 Å². The summed E-state index contributed by atoms with van der Waals surface area (Å²) in [5, 5.41) is 0. The highest BCUT2D eigenvalue weighted by molar-refractivity contribution is 4.95. The minimum absolute atomic E-state index is 0.679. The Kier molecular flexibility index (Phi) is 15.6. The van der Waals surface area contributed by atoms with Crippen LogP contribution >= 0.6 is 0 Å². The number of allylic oxidation sites excluding steroid dienone is 1. The second kappa shape index (κ2) is 17.3. The number of hydrogen-bond acceptors (Lipinski definition) is 2. The van der Waals surface area contributed by atoms with Gasteiger partial charge < -0.3 is 9.47 Å². The lowest BCUT2D eigenvalue weighted by Gasteiger charge is -2.14. The summed E-state index contributed by atoms with van der Waals surface area (Å²) in [6.45, 7) is 4.72. The van der Waals surface area contributed by atoms with Crippen molar-refractivity contribution in [2.45, 2.75) is 110 Å². The lowest BCUT2D eigenvalue weighted by molar-refractivity contribution is 0.0881. The molecule has 0 bridgehead atoms. The van der Waals surface area contributed by atoms with E-state index in [9.17, 15) is 0 Å². The molecule has 0 aromatic carbocycles. The van der Waals surface area contributed by atoms with Crippen molar-refractivity contribution in [3.63, 3.8) is 0 Å². The molecule has 1 heterocycles. The fraction of sp³-hybridized carbons (Fsp3) is 0.909. The van der Waals surface area contributed by atoms with Crippen LogP contribution in [-0.2, 0) is 9.47 Å². The lowest BCUT2D eigenvalue weighted by atomic mass is 10.0. The molecule has 0 unspecified atom stereocenters. The van der Waals surface area contributed by atoms with E-state index < -0.39 is 0 Å². The smallest absolute Gasteiger partial charge is 0.118 e.